The Bertz CT molecular complexity index is 396. The molecule has 19 heavy (non-hydrogen) atoms. The van der Waals surface area contributed by atoms with Crippen LogP contribution in [0.1, 0.15) is 62.3 Å². The number of nitrogens with one attached hydrogen (secondary N) is 1. The first-order valence-electron chi connectivity index (χ1n) is 7.66. The van der Waals surface area contributed by atoms with Crippen molar-refractivity contribution < 1.29 is 4.74 Å². The second kappa shape index (κ2) is 7.06. The molecule has 0 fully saturated rings. The molecule has 0 spiro atoms. The Balaban J connectivity index is 2.19. The van der Waals surface area contributed by atoms with Crippen molar-refractivity contribution in [2.45, 2.75) is 58.8 Å². The van der Waals surface area contributed by atoms with E-state index in [2.05, 4.69) is 44.4 Å². The fourth-order valence-corrected chi connectivity index (χ4v) is 3.28. The molecule has 1 aromatic rings. The molecule has 2 heteroatoms. The van der Waals surface area contributed by atoms with Crippen LogP contribution in [0.3, 0.4) is 0 Å². The highest BCUT2D eigenvalue weighted by molar-refractivity contribution is 5.34. The maximum atomic E-state index is 5.52. The van der Waals surface area contributed by atoms with E-state index in [0.717, 1.165) is 19.1 Å². The molecule has 1 aliphatic heterocycles. The smallest absolute Gasteiger partial charge is 0.0725 e. The average molecular weight is 261 g/mol. The summed E-state index contributed by atoms with van der Waals surface area (Å²) in [7, 11) is 2.09. The van der Waals surface area contributed by atoms with E-state index in [9.17, 15) is 0 Å². The summed E-state index contributed by atoms with van der Waals surface area (Å²) in [5.74, 6) is 0.736. The third kappa shape index (κ3) is 3.37. The minimum Gasteiger partial charge on any atom is -0.372 e. The van der Waals surface area contributed by atoms with Crippen molar-refractivity contribution in [3.8, 4) is 0 Å². The van der Waals surface area contributed by atoms with Gasteiger partial charge in [-0.15, -0.1) is 0 Å². The molecule has 2 nitrogen and oxygen atoms in total. The standard InChI is InChI=1S/C17H27NO/c1-4-6-13(7-5-2)17(18-3)14-8-9-15-11-19-12-16(15)10-14/h8-10,13,17-18H,4-7,11-12H2,1-3H3. The van der Waals surface area contributed by atoms with Crippen LogP contribution in [0.2, 0.25) is 0 Å². The van der Waals surface area contributed by atoms with Gasteiger partial charge in [0.05, 0.1) is 13.2 Å². The van der Waals surface area contributed by atoms with E-state index in [4.69, 9.17) is 4.74 Å². The number of hydrogen-bond donors (Lipinski definition) is 1. The minimum atomic E-state index is 0.478. The van der Waals surface area contributed by atoms with E-state index < -0.39 is 0 Å². The summed E-state index contributed by atoms with van der Waals surface area (Å²) < 4.78 is 5.52. The molecule has 0 aliphatic carbocycles. The predicted molar refractivity (Wildman–Crippen MR) is 80.0 cm³/mol. The molecule has 1 atom stereocenters. The van der Waals surface area contributed by atoms with Crippen LogP contribution in [-0.4, -0.2) is 7.05 Å². The molecule has 0 radical (unpaired) electrons. The highest BCUT2D eigenvalue weighted by Crippen LogP contribution is 2.32. The molecule has 1 unspecified atom stereocenters. The molecular weight excluding hydrogens is 234 g/mol. The van der Waals surface area contributed by atoms with E-state index in [1.54, 1.807) is 0 Å². The van der Waals surface area contributed by atoms with Gasteiger partial charge in [-0.25, -0.2) is 0 Å². The Labute approximate surface area is 117 Å². The van der Waals surface area contributed by atoms with Crippen LogP contribution in [0, 0.1) is 5.92 Å². The number of rotatable bonds is 7. The molecule has 2 rings (SSSR count). The third-order valence-corrected chi connectivity index (χ3v) is 4.21. The highest BCUT2D eigenvalue weighted by atomic mass is 16.5. The van der Waals surface area contributed by atoms with Crippen molar-refractivity contribution in [3.05, 3.63) is 34.9 Å². The summed E-state index contributed by atoms with van der Waals surface area (Å²) >= 11 is 0. The fourth-order valence-electron chi connectivity index (χ4n) is 3.28. The Morgan fingerprint density at radius 3 is 2.42 bits per heavy atom. The van der Waals surface area contributed by atoms with E-state index in [0.29, 0.717) is 6.04 Å². The largest absolute Gasteiger partial charge is 0.372 e. The van der Waals surface area contributed by atoms with Crippen molar-refractivity contribution in [1.29, 1.82) is 0 Å². The second-order valence-electron chi connectivity index (χ2n) is 5.62. The average Bonchev–Trinajstić information content (AvgIpc) is 2.87. The van der Waals surface area contributed by atoms with Crippen molar-refractivity contribution in [2.75, 3.05) is 7.05 Å². The highest BCUT2D eigenvalue weighted by Gasteiger charge is 2.22. The molecule has 0 amide bonds. The molecule has 1 N–H and O–H groups in total. The zero-order valence-electron chi connectivity index (χ0n) is 12.5. The summed E-state index contributed by atoms with van der Waals surface area (Å²) in [6.07, 6.45) is 5.12. The Hall–Kier alpha value is -0.860. The Morgan fingerprint density at radius 1 is 1.11 bits per heavy atom. The summed E-state index contributed by atoms with van der Waals surface area (Å²) in [5.41, 5.74) is 4.17. The van der Waals surface area contributed by atoms with Gasteiger partial charge in [0.2, 0.25) is 0 Å². The quantitative estimate of drug-likeness (QED) is 0.794. The van der Waals surface area contributed by atoms with Crippen molar-refractivity contribution in [2.24, 2.45) is 5.92 Å². The first-order valence-corrected chi connectivity index (χ1v) is 7.66. The van der Waals surface area contributed by atoms with Gasteiger partial charge in [-0.3, -0.25) is 0 Å². The van der Waals surface area contributed by atoms with Crippen LogP contribution in [0.25, 0.3) is 0 Å². The topological polar surface area (TPSA) is 21.3 Å². The molecule has 0 aromatic heterocycles. The van der Waals surface area contributed by atoms with Crippen LogP contribution < -0.4 is 5.32 Å². The van der Waals surface area contributed by atoms with E-state index in [1.165, 1.54) is 42.4 Å². The van der Waals surface area contributed by atoms with Crippen molar-refractivity contribution >= 4 is 0 Å². The van der Waals surface area contributed by atoms with Gasteiger partial charge in [0, 0.05) is 6.04 Å². The van der Waals surface area contributed by atoms with Gasteiger partial charge < -0.3 is 10.1 Å². The fraction of sp³-hybridized carbons (Fsp3) is 0.647. The molecule has 1 heterocycles. The maximum absolute atomic E-state index is 5.52. The van der Waals surface area contributed by atoms with Gasteiger partial charge in [0.25, 0.3) is 0 Å². The van der Waals surface area contributed by atoms with Crippen LogP contribution in [0.5, 0.6) is 0 Å². The lowest BCUT2D eigenvalue weighted by Gasteiger charge is -2.27. The molecular formula is C17H27NO. The monoisotopic (exact) mass is 261 g/mol. The van der Waals surface area contributed by atoms with E-state index in [-0.39, 0.29) is 0 Å². The van der Waals surface area contributed by atoms with Gasteiger partial charge >= 0.3 is 0 Å². The minimum absolute atomic E-state index is 0.478. The van der Waals surface area contributed by atoms with Crippen molar-refractivity contribution in [3.63, 3.8) is 0 Å². The molecule has 106 valence electrons. The third-order valence-electron chi connectivity index (χ3n) is 4.21. The number of hydrogen-bond acceptors (Lipinski definition) is 2. The first-order chi connectivity index (χ1) is 9.30. The van der Waals surface area contributed by atoms with Gasteiger partial charge in [0.1, 0.15) is 0 Å². The van der Waals surface area contributed by atoms with Crippen LogP contribution in [-0.2, 0) is 18.0 Å². The molecule has 1 aliphatic rings. The van der Waals surface area contributed by atoms with Crippen LogP contribution in [0.15, 0.2) is 18.2 Å². The number of fused-ring (bicyclic) bond motifs is 1. The SMILES string of the molecule is CCCC(CCC)C(NC)c1ccc2c(c1)COC2. The van der Waals surface area contributed by atoms with Gasteiger partial charge in [-0.1, -0.05) is 44.9 Å². The second-order valence-corrected chi connectivity index (χ2v) is 5.62. The van der Waals surface area contributed by atoms with Gasteiger partial charge in [-0.2, -0.15) is 0 Å². The van der Waals surface area contributed by atoms with Crippen molar-refractivity contribution in [1.82, 2.24) is 5.32 Å². The maximum Gasteiger partial charge on any atom is 0.0725 e. The molecule has 0 saturated carbocycles. The van der Waals surface area contributed by atoms with Crippen LogP contribution in [0.4, 0.5) is 0 Å². The zero-order chi connectivity index (χ0) is 13.7. The Kier molecular flexibility index (Phi) is 5.41. The van der Waals surface area contributed by atoms with E-state index >= 15 is 0 Å². The summed E-state index contributed by atoms with van der Waals surface area (Å²) in [6, 6.07) is 7.36. The molecule has 0 saturated heterocycles. The zero-order valence-corrected chi connectivity index (χ0v) is 12.5. The normalized spacial score (nSPS) is 15.8. The summed E-state index contributed by atoms with van der Waals surface area (Å²) in [6.45, 7) is 6.14. The predicted octanol–water partition coefficient (Wildman–Crippen LogP) is 4.19. The Morgan fingerprint density at radius 2 is 1.79 bits per heavy atom. The number of ether oxygens (including phenoxy) is 1. The summed E-state index contributed by atoms with van der Waals surface area (Å²) in [4.78, 5) is 0. The lowest BCUT2D eigenvalue weighted by molar-refractivity contribution is 0.134. The summed E-state index contributed by atoms with van der Waals surface area (Å²) in [5, 5.41) is 3.54. The lowest BCUT2D eigenvalue weighted by atomic mass is 9.85. The van der Waals surface area contributed by atoms with Gasteiger partial charge in [-0.05, 0) is 42.5 Å². The molecule has 0 bridgehead atoms. The van der Waals surface area contributed by atoms with E-state index in [1.807, 2.05) is 0 Å². The van der Waals surface area contributed by atoms with Gasteiger partial charge in [0.15, 0.2) is 0 Å². The van der Waals surface area contributed by atoms with Crippen LogP contribution >= 0.6 is 0 Å². The molecule has 1 aromatic carbocycles. The first kappa shape index (κ1) is 14.5. The number of benzene rings is 1. The lowest BCUT2D eigenvalue weighted by Crippen LogP contribution is -2.25.